The van der Waals surface area contributed by atoms with Crippen molar-refractivity contribution < 1.29 is 18.7 Å². The van der Waals surface area contributed by atoms with Crippen molar-refractivity contribution in [3.8, 4) is 17.2 Å². The monoisotopic (exact) mass is 259 g/mol. The third-order valence-electron chi connectivity index (χ3n) is 2.62. The van der Waals surface area contributed by atoms with Crippen LogP contribution in [0.3, 0.4) is 0 Å². The second kappa shape index (κ2) is 4.86. The predicted octanol–water partition coefficient (Wildman–Crippen LogP) is 3.20. The van der Waals surface area contributed by atoms with Gasteiger partial charge in [0.15, 0.2) is 0 Å². The smallest absolute Gasteiger partial charge is 0.336 e. The Balaban J connectivity index is 2.75. The van der Waals surface area contributed by atoms with Gasteiger partial charge in [0.25, 0.3) is 0 Å². The summed E-state index contributed by atoms with van der Waals surface area (Å²) in [7, 11) is 0. The van der Waals surface area contributed by atoms with Gasteiger partial charge >= 0.3 is 5.97 Å². The summed E-state index contributed by atoms with van der Waals surface area (Å²) < 4.78 is 27.2. The van der Waals surface area contributed by atoms with E-state index in [1.165, 1.54) is 18.2 Å². The summed E-state index contributed by atoms with van der Waals surface area (Å²) >= 11 is 0. The number of carbonyl (C=O) groups is 1. The molecule has 3 nitrogen and oxygen atoms in total. The van der Waals surface area contributed by atoms with Gasteiger partial charge in [0.2, 0.25) is 0 Å². The lowest BCUT2D eigenvalue weighted by molar-refractivity contribution is 0.0697. The lowest BCUT2D eigenvalue weighted by atomic mass is 9.97. The molecule has 0 saturated heterocycles. The van der Waals surface area contributed by atoms with E-state index >= 15 is 0 Å². The van der Waals surface area contributed by atoms with Crippen LogP contribution in [0, 0.1) is 23.0 Å². The Morgan fingerprint density at radius 3 is 2.53 bits per heavy atom. The van der Waals surface area contributed by atoms with Crippen LogP contribution in [0.5, 0.6) is 0 Å². The van der Waals surface area contributed by atoms with Gasteiger partial charge in [-0.3, -0.25) is 0 Å². The van der Waals surface area contributed by atoms with Crippen LogP contribution in [0.2, 0.25) is 0 Å². The highest BCUT2D eigenvalue weighted by molar-refractivity contribution is 5.96. The van der Waals surface area contributed by atoms with Crippen LogP contribution >= 0.6 is 0 Å². The highest BCUT2D eigenvalue weighted by atomic mass is 19.1. The van der Waals surface area contributed by atoms with Gasteiger partial charge in [-0.2, -0.15) is 5.26 Å². The van der Waals surface area contributed by atoms with Gasteiger partial charge < -0.3 is 5.11 Å². The van der Waals surface area contributed by atoms with Gasteiger partial charge in [-0.1, -0.05) is 12.1 Å². The van der Waals surface area contributed by atoms with E-state index in [0.717, 1.165) is 18.2 Å². The summed E-state index contributed by atoms with van der Waals surface area (Å²) in [5.74, 6) is -2.84. The van der Waals surface area contributed by atoms with Crippen molar-refractivity contribution in [3.05, 3.63) is 59.2 Å². The van der Waals surface area contributed by atoms with Crippen molar-refractivity contribution in [3.63, 3.8) is 0 Å². The number of aromatic carboxylic acids is 1. The van der Waals surface area contributed by atoms with Gasteiger partial charge in [-0.05, 0) is 24.3 Å². The molecule has 2 aromatic carbocycles. The Labute approximate surface area is 107 Å². The Hall–Kier alpha value is -2.74. The fourth-order valence-electron chi connectivity index (χ4n) is 1.75. The van der Waals surface area contributed by atoms with Gasteiger partial charge in [0, 0.05) is 11.1 Å². The number of nitriles is 1. The van der Waals surface area contributed by atoms with E-state index in [-0.39, 0.29) is 22.3 Å². The van der Waals surface area contributed by atoms with E-state index in [0.29, 0.717) is 0 Å². The molecule has 0 bridgehead atoms. The van der Waals surface area contributed by atoms with E-state index in [2.05, 4.69) is 0 Å². The molecule has 0 aliphatic rings. The first-order valence-corrected chi connectivity index (χ1v) is 5.26. The lowest BCUT2D eigenvalue weighted by Gasteiger charge is -2.08. The van der Waals surface area contributed by atoms with Crippen molar-refractivity contribution in [2.45, 2.75) is 0 Å². The largest absolute Gasteiger partial charge is 0.478 e. The molecule has 1 N–H and O–H groups in total. The highest BCUT2D eigenvalue weighted by Crippen LogP contribution is 2.28. The molecule has 0 saturated carbocycles. The Kier molecular flexibility index (Phi) is 3.25. The van der Waals surface area contributed by atoms with E-state index in [4.69, 9.17) is 10.4 Å². The number of halogens is 2. The maximum atomic E-state index is 14.0. The molecule has 0 fully saturated rings. The molecule has 19 heavy (non-hydrogen) atoms. The molecule has 0 atom stereocenters. The molecule has 0 spiro atoms. The first kappa shape index (κ1) is 12.7. The summed E-state index contributed by atoms with van der Waals surface area (Å²) in [4.78, 5) is 11.1. The molecule has 0 radical (unpaired) electrons. The minimum absolute atomic E-state index is 0.0953. The molecule has 0 aromatic heterocycles. The maximum absolute atomic E-state index is 14.0. The molecule has 0 aliphatic heterocycles. The van der Waals surface area contributed by atoms with E-state index in [1.807, 2.05) is 0 Å². The Morgan fingerprint density at radius 2 is 1.89 bits per heavy atom. The minimum atomic E-state index is -1.29. The molecule has 5 heteroatoms. The lowest BCUT2D eigenvalue weighted by Crippen LogP contribution is -2.01. The van der Waals surface area contributed by atoms with Crippen LogP contribution in [0.15, 0.2) is 36.4 Å². The summed E-state index contributed by atoms with van der Waals surface area (Å²) in [6.07, 6.45) is 0. The number of carboxylic acid groups (broad SMARTS) is 1. The average Bonchev–Trinajstić information content (AvgIpc) is 2.38. The number of carboxylic acids is 1. The van der Waals surface area contributed by atoms with Gasteiger partial charge in [0.05, 0.1) is 11.1 Å². The second-order valence-electron chi connectivity index (χ2n) is 3.77. The minimum Gasteiger partial charge on any atom is -0.478 e. The standard InChI is InChI=1S/C14H7F2NO2/c15-9-4-5-11(14(18)19)12(6-9)10-3-1-2-8(7-17)13(10)16/h1-6H,(H,18,19). The zero-order valence-corrected chi connectivity index (χ0v) is 9.52. The molecule has 94 valence electrons. The Morgan fingerprint density at radius 1 is 1.16 bits per heavy atom. The molecular weight excluding hydrogens is 252 g/mol. The second-order valence-corrected chi connectivity index (χ2v) is 3.77. The fraction of sp³-hybridized carbons (Fsp3) is 0. The van der Waals surface area contributed by atoms with E-state index in [1.54, 1.807) is 6.07 Å². The number of hydrogen-bond acceptors (Lipinski definition) is 2. The number of benzene rings is 2. The maximum Gasteiger partial charge on any atom is 0.336 e. The molecule has 0 heterocycles. The molecular formula is C14H7F2NO2. The normalized spacial score (nSPS) is 9.95. The fourth-order valence-corrected chi connectivity index (χ4v) is 1.75. The van der Waals surface area contributed by atoms with Crippen LogP contribution in [0.4, 0.5) is 8.78 Å². The zero-order chi connectivity index (χ0) is 14.0. The van der Waals surface area contributed by atoms with Crippen molar-refractivity contribution >= 4 is 5.97 Å². The van der Waals surface area contributed by atoms with Crippen molar-refractivity contribution in [1.29, 1.82) is 5.26 Å². The predicted molar refractivity (Wildman–Crippen MR) is 63.5 cm³/mol. The van der Waals surface area contributed by atoms with E-state index < -0.39 is 17.6 Å². The van der Waals surface area contributed by atoms with Crippen molar-refractivity contribution in [2.24, 2.45) is 0 Å². The number of hydrogen-bond donors (Lipinski definition) is 1. The first-order valence-electron chi connectivity index (χ1n) is 5.26. The molecule has 2 aromatic rings. The van der Waals surface area contributed by atoms with E-state index in [9.17, 15) is 13.6 Å². The molecule has 0 aliphatic carbocycles. The van der Waals surface area contributed by atoms with Crippen LogP contribution in [-0.4, -0.2) is 11.1 Å². The van der Waals surface area contributed by atoms with Crippen LogP contribution in [0.1, 0.15) is 15.9 Å². The van der Waals surface area contributed by atoms with Gasteiger partial charge in [-0.15, -0.1) is 0 Å². The number of nitrogens with zero attached hydrogens (tertiary/aromatic N) is 1. The van der Waals surface area contributed by atoms with Gasteiger partial charge in [-0.25, -0.2) is 13.6 Å². The summed E-state index contributed by atoms with van der Waals surface area (Å²) in [5.41, 5.74) is -0.661. The molecule has 0 amide bonds. The molecule has 2 rings (SSSR count). The van der Waals surface area contributed by atoms with Crippen LogP contribution in [0.25, 0.3) is 11.1 Å². The van der Waals surface area contributed by atoms with Crippen LogP contribution < -0.4 is 0 Å². The van der Waals surface area contributed by atoms with Crippen molar-refractivity contribution in [1.82, 2.24) is 0 Å². The van der Waals surface area contributed by atoms with Gasteiger partial charge in [0.1, 0.15) is 17.7 Å². The third-order valence-corrected chi connectivity index (χ3v) is 2.62. The first-order chi connectivity index (χ1) is 9.04. The summed E-state index contributed by atoms with van der Waals surface area (Å²) in [6.45, 7) is 0. The average molecular weight is 259 g/mol. The topological polar surface area (TPSA) is 61.1 Å². The quantitative estimate of drug-likeness (QED) is 0.900. The van der Waals surface area contributed by atoms with Crippen LogP contribution in [-0.2, 0) is 0 Å². The number of rotatable bonds is 2. The van der Waals surface area contributed by atoms with Crippen molar-refractivity contribution in [2.75, 3.05) is 0 Å². The zero-order valence-electron chi connectivity index (χ0n) is 9.52. The third kappa shape index (κ3) is 2.29. The SMILES string of the molecule is N#Cc1cccc(-c2cc(F)ccc2C(=O)O)c1F. The summed E-state index contributed by atoms with van der Waals surface area (Å²) in [5, 5.41) is 17.8. The Bertz CT molecular complexity index is 705. The molecule has 0 unspecified atom stereocenters. The highest BCUT2D eigenvalue weighted by Gasteiger charge is 2.17. The summed E-state index contributed by atoms with van der Waals surface area (Å²) in [6, 6.07) is 8.61.